The van der Waals surface area contributed by atoms with E-state index >= 15 is 0 Å². The summed E-state index contributed by atoms with van der Waals surface area (Å²) in [6.07, 6.45) is 0. The number of rotatable bonds is 6. The Morgan fingerprint density at radius 2 is 1.73 bits per heavy atom. The van der Waals surface area contributed by atoms with E-state index in [0.29, 0.717) is 23.6 Å². The molecule has 1 atom stereocenters. The number of ether oxygens (including phenoxy) is 2. The number of esters is 2. The molecule has 0 bridgehead atoms. The van der Waals surface area contributed by atoms with Gasteiger partial charge in [-0.1, -0.05) is 12.1 Å². The van der Waals surface area contributed by atoms with Crippen molar-refractivity contribution < 1.29 is 19.1 Å². The minimum Gasteiger partial charge on any atom is -0.466 e. The second-order valence-corrected chi connectivity index (χ2v) is 5.55. The normalized spacial score (nSPS) is 11.3. The van der Waals surface area contributed by atoms with E-state index < -0.39 is 5.97 Å². The summed E-state index contributed by atoms with van der Waals surface area (Å²) in [7, 11) is 0. The lowest BCUT2D eigenvalue weighted by molar-refractivity contribution is -0.144. The minimum atomic E-state index is -0.509. The van der Waals surface area contributed by atoms with Crippen molar-refractivity contribution in [1.82, 2.24) is 0 Å². The Morgan fingerprint density at radius 1 is 1.12 bits per heavy atom. The van der Waals surface area contributed by atoms with Gasteiger partial charge >= 0.3 is 11.9 Å². The average molecular weight is 355 g/mol. The van der Waals surface area contributed by atoms with E-state index in [4.69, 9.17) is 20.6 Å². The van der Waals surface area contributed by atoms with Crippen molar-refractivity contribution in [2.45, 2.75) is 19.8 Å². The molecule has 0 aliphatic heterocycles. The van der Waals surface area contributed by atoms with Gasteiger partial charge in [0.05, 0.1) is 18.1 Å². The zero-order valence-corrected chi connectivity index (χ0v) is 14.6. The number of nitrogens with two attached hydrogens (primary N) is 1. The molecule has 0 saturated carbocycles. The molecule has 0 amide bonds. The summed E-state index contributed by atoms with van der Waals surface area (Å²) in [5.74, 6) is -0.999. The Balaban J connectivity index is 2.01. The van der Waals surface area contributed by atoms with E-state index in [1.54, 1.807) is 62.4 Å². The van der Waals surface area contributed by atoms with Crippen LogP contribution in [0, 0.1) is 5.41 Å². The minimum absolute atomic E-state index is 0.183. The van der Waals surface area contributed by atoms with Crippen LogP contribution >= 0.6 is 0 Å². The maximum atomic E-state index is 12.2. The first-order chi connectivity index (χ1) is 12.4. The van der Waals surface area contributed by atoms with Gasteiger partial charge in [-0.05, 0) is 55.8 Å². The van der Waals surface area contributed by atoms with E-state index in [-0.39, 0.29) is 17.8 Å². The molecule has 7 heteroatoms. The summed E-state index contributed by atoms with van der Waals surface area (Å²) in [5.41, 5.74) is 6.99. The third-order valence-corrected chi connectivity index (χ3v) is 3.63. The number of hydrogen-bond donors (Lipinski definition) is 3. The zero-order valence-electron chi connectivity index (χ0n) is 14.6. The predicted octanol–water partition coefficient (Wildman–Crippen LogP) is 2.88. The molecule has 1 unspecified atom stereocenters. The van der Waals surface area contributed by atoms with Crippen molar-refractivity contribution in [2.24, 2.45) is 5.73 Å². The van der Waals surface area contributed by atoms with Gasteiger partial charge in [0.2, 0.25) is 0 Å². The summed E-state index contributed by atoms with van der Waals surface area (Å²) in [6, 6.07) is 13.1. The lowest BCUT2D eigenvalue weighted by Crippen LogP contribution is -2.20. The third-order valence-electron chi connectivity index (χ3n) is 3.63. The molecule has 2 rings (SSSR count). The van der Waals surface area contributed by atoms with Crippen molar-refractivity contribution >= 4 is 23.6 Å². The quantitative estimate of drug-likeness (QED) is 0.318. The summed E-state index contributed by atoms with van der Waals surface area (Å²) >= 11 is 0. The molecule has 2 aromatic carbocycles. The fraction of sp³-hybridized carbons (Fsp3) is 0.211. The lowest BCUT2D eigenvalue weighted by Gasteiger charge is -2.11. The first-order valence-electron chi connectivity index (χ1n) is 8.10. The van der Waals surface area contributed by atoms with Crippen LogP contribution in [0.2, 0.25) is 0 Å². The fourth-order valence-corrected chi connectivity index (χ4v) is 2.24. The van der Waals surface area contributed by atoms with E-state index in [1.807, 2.05) is 0 Å². The molecule has 0 heterocycles. The van der Waals surface area contributed by atoms with E-state index in [2.05, 4.69) is 5.32 Å². The Labute approximate surface area is 151 Å². The standard InChI is InChI=1S/C19H21N3O4/c1-3-25-17(23)12(2)13-6-10-16(11-7-13)26-18(24)14-4-8-15(9-5-14)22-19(20)21/h4-12H,3H2,1-2H3,(H4,20,21,22). The van der Waals surface area contributed by atoms with Crippen molar-refractivity contribution in [2.75, 3.05) is 11.9 Å². The van der Waals surface area contributed by atoms with Crippen LogP contribution in [0.1, 0.15) is 35.7 Å². The molecule has 0 fully saturated rings. The Hall–Kier alpha value is -3.35. The van der Waals surface area contributed by atoms with Crippen LogP contribution in [-0.2, 0) is 9.53 Å². The number of hydrogen-bond acceptors (Lipinski definition) is 5. The Bertz CT molecular complexity index is 785. The predicted molar refractivity (Wildman–Crippen MR) is 98.4 cm³/mol. The van der Waals surface area contributed by atoms with Gasteiger partial charge in [0.1, 0.15) is 5.75 Å². The summed E-state index contributed by atoms with van der Waals surface area (Å²) in [6.45, 7) is 3.85. The van der Waals surface area contributed by atoms with E-state index in [0.717, 1.165) is 5.56 Å². The van der Waals surface area contributed by atoms with Crippen LogP contribution in [-0.4, -0.2) is 24.5 Å². The molecular formula is C19H21N3O4. The highest BCUT2D eigenvalue weighted by Crippen LogP contribution is 2.21. The third kappa shape index (κ3) is 5.07. The van der Waals surface area contributed by atoms with Crippen LogP contribution in [0.25, 0.3) is 0 Å². The van der Waals surface area contributed by atoms with Crippen LogP contribution in [0.3, 0.4) is 0 Å². The van der Waals surface area contributed by atoms with Gasteiger partial charge in [-0.3, -0.25) is 10.2 Å². The molecule has 136 valence electrons. The summed E-state index contributed by atoms with van der Waals surface area (Å²) in [4.78, 5) is 23.9. The molecule has 7 nitrogen and oxygen atoms in total. The number of carbonyl (C=O) groups is 2. The SMILES string of the molecule is CCOC(=O)C(C)c1ccc(OC(=O)c2ccc(NC(=N)N)cc2)cc1. The second kappa shape index (κ2) is 8.66. The van der Waals surface area contributed by atoms with Gasteiger partial charge < -0.3 is 20.5 Å². The molecule has 0 aliphatic rings. The van der Waals surface area contributed by atoms with E-state index in [1.165, 1.54) is 0 Å². The number of nitrogens with one attached hydrogen (secondary N) is 2. The highest BCUT2D eigenvalue weighted by Gasteiger charge is 2.16. The first-order valence-corrected chi connectivity index (χ1v) is 8.10. The maximum Gasteiger partial charge on any atom is 0.343 e. The number of guanidine groups is 1. The van der Waals surface area contributed by atoms with Gasteiger partial charge in [-0.25, -0.2) is 4.79 Å². The molecule has 0 aromatic heterocycles. The zero-order chi connectivity index (χ0) is 19.1. The van der Waals surface area contributed by atoms with Crippen LogP contribution < -0.4 is 15.8 Å². The number of benzene rings is 2. The molecular weight excluding hydrogens is 334 g/mol. The molecule has 26 heavy (non-hydrogen) atoms. The number of carbonyl (C=O) groups excluding carboxylic acids is 2. The average Bonchev–Trinajstić information content (AvgIpc) is 2.62. The fourth-order valence-electron chi connectivity index (χ4n) is 2.24. The highest BCUT2D eigenvalue weighted by atomic mass is 16.5. The molecule has 2 aromatic rings. The van der Waals surface area contributed by atoms with Crippen LogP contribution in [0.4, 0.5) is 5.69 Å². The van der Waals surface area contributed by atoms with Crippen molar-refractivity contribution in [3.8, 4) is 5.75 Å². The van der Waals surface area contributed by atoms with Crippen LogP contribution in [0.5, 0.6) is 5.75 Å². The second-order valence-electron chi connectivity index (χ2n) is 5.55. The summed E-state index contributed by atoms with van der Waals surface area (Å²) in [5, 5.41) is 9.79. The highest BCUT2D eigenvalue weighted by molar-refractivity contribution is 5.93. The monoisotopic (exact) mass is 355 g/mol. The van der Waals surface area contributed by atoms with Crippen molar-refractivity contribution in [1.29, 1.82) is 5.41 Å². The first kappa shape index (κ1) is 19.0. The topological polar surface area (TPSA) is 114 Å². The molecule has 0 saturated heterocycles. The van der Waals surface area contributed by atoms with Gasteiger partial charge in [-0.2, -0.15) is 0 Å². The molecule has 4 N–H and O–H groups in total. The van der Waals surface area contributed by atoms with E-state index in [9.17, 15) is 9.59 Å². The Morgan fingerprint density at radius 3 is 2.27 bits per heavy atom. The largest absolute Gasteiger partial charge is 0.466 e. The molecule has 0 aliphatic carbocycles. The van der Waals surface area contributed by atoms with Gasteiger partial charge in [0, 0.05) is 5.69 Å². The smallest absolute Gasteiger partial charge is 0.343 e. The molecule has 0 radical (unpaired) electrons. The van der Waals surface area contributed by atoms with Gasteiger partial charge in [-0.15, -0.1) is 0 Å². The van der Waals surface area contributed by atoms with Gasteiger partial charge in [0.25, 0.3) is 0 Å². The lowest BCUT2D eigenvalue weighted by atomic mass is 10.0. The van der Waals surface area contributed by atoms with Crippen molar-refractivity contribution in [3.63, 3.8) is 0 Å². The Kier molecular flexibility index (Phi) is 6.32. The molecule has 0 spiro atoms. The number of anilines is 1. The maximum absolute atomic E-state index is 12.2. The van der Waals surface area contributed by atoms with Gasteiger partial charge in [0.15, 0.2) is 5.96 Å². The van der Waals surface area contributed by atoms with Crippen LogP contribution in [0.15, 0.2) is 48.5 Å². The summed E-state index contributed by atoms with van der Waals surface area (Å²) < 4.78 is 10.3. The van der Waals surface area contributed by atoms with Crippen molar-refractivity contribution in [3.05, 3.63) is 59.7 Å².